The van der Waals surface area contributed by atoms with Gasteiger partial charge in [-0.15, -0.1) is 11.8 Å². The third-order valence-electron chi connectivity index (χ3n) is 2.36. The van der Waals surface area contributed by atoms with Gasteiger partial charge in [0.1, 0.15) is 0 Å². The summed E-state index contributed by atoms with van der Waals surface area (Å²) in [7, 11) is -3.17. The lowest BCUT2D eigenvalue weighted by Gasteiger charge is -2.09. The van der Waals surface area contributed by atoms with E-state index >= 15 is 0 Å². The molecule has 0 bridgehead atoms. The Morgan fingerprint density at radius 3 is 2.33 bits per heavy atom. The van der Waals surface area contributed by atoms with E-state index in [1.807, 2.05) is 6.92 Å². The lowest BCUT2D eigenvalue weighted by molar-refractivity contribution is -0.136. The molecule has 0 amide bonds. The molecule has 0 aromatic heterocycles. The number of hydrogen-bond donors (Lipinski definition) is 1. The van der Waals surface area contributed by atoms with Crippen LogP contribution in [0.25, 0.3) is 0 Å². The molecule has 4 nitrogen and oxygen atoms in total. The van der Waals surface area contributed by atoms with Crippen LogP contribution in [0.2, 0.25) is 0 Å². The Morgan fingerprint density at radius 1 is 1.33 bits per heavy atom. The van der Waals surface area contributed by atoms with E-state index in [2.05, 4.69) is 0 Å². The van der Waals surface area contributed by atoms with Crippen molar-refractivity contribution >= 4 is 27.6 Å². The molecule has 1 rings (SSSR count). The summed E-state index contributed by atoms with van der Waals surface area (Å²) in [4.78, 5) is 11.7. The Bertz CT molecular complexity index is 505. The van der Waals surface area contributed by atoms with Gasteiger partial charge in [0.2, 0.25) is 0 Å². The maximum atomic E-state index is 11.6. The number of carboxylic acids is 1. The quantitative estimate of drug-likeness (QED) is 0.814. The number of sulfone groups is 1. The lowest BCUT2D eigenvalue weighted by atomic mass is 10.3. The molecule has 0 aliphatic heterocycles. The average molecular weight is 288 g/mol. The fourth-order valence-corrected chi connectivity index (χ4v) is 3.28. The lowest BCUT2D eigenvalue weighted by Crippen LogP contribution is -2.05. The predicted octanol–water partition coefficient (Wildman–Crippen LogP) is 2.44. The van der Waals surface area contributed by atoms with Crippen LogP contribution in [0.5, 0.6) is 0 Å². The molecular weight excluding hydrogens is 272 g/mol. The van der Waals surface area contributed by atoms with Gasteiger partial charge in [0.25, 0.3) is 0 Å². The van der Waals surface area contributed by atoms with Crippen molar-refractivity contribution < 1.29 is 18.3 Å². The van der Waals surface area contributed by atoms with Gasteiger partial charge in [-0.25, -0.2) is 8.42 Å². The summed E-state index contributed by atoms with van der Waals surface area (Å²) in [6.45, 7) is 3.43. The molecule has 0 aliphatic carbocycles. The predicted molar refractivity (Wildman–Crippen MR) is 71.7 cm³/mol. The van der Waals surface area contributed by atoms with E-state index in [1.165, 1.54) is 11.8 Å². The summed E-state index contributed by atoms with van der Waals surface area (Å²) in [5, 5.41) is 8.61. The number of carbonyl (C=O) groups is 1. The van der Waals surface area contributed by atoms with Crippen molar-refractivity contribution in [1.29, 1.82) is 0 Å². The first kappa shape index (κ1) is 15.0. The van der Waals surface area contributed by atoms with E-state index in [0.29, 0.717) is 4.90 Å². The largest absolute Gasteiger partial charge is 0.481 e. The first-order valence-electron chi connectivity index (χ1n) is 5.56. The Kier molecular flexibility index (Phi) is 5.22. The van der Waals surface area contributed by atoms with Gasteiger partial charge in [-0.3, -0.25) is 4.79 Å². The molecule has 1 unspecified atom stereocenters. The Labute approximate surface area is 111 Å². The molecule has 1 aromatic carbocycles. The van der Waals surface area contributed by atoms with Crippen LogP contribution in [0.3, 0.4) is 0 Å². The van der Waals surface area contributed by atoms with Gasteiger partial charge in [0.15, 0.2) is 9.84 Å². The van der Waals surface area contributed by atoms with Crippen molar-refractivity contribution in [3.63, 3.8) is 0 Å². The maximum Gasteiger partial charge on any atom is 0.304 e. The van der Waals surface area contributed by atoms with Crippen LogP contribution in [0.1, 0.15) is 20.3 Å². The summed E-state index contributed by atoms with van der Waals surface area (Å²) < 4.78 is 23.2. The molecule has 0 heterocycles. The number of hydrogen-bond acceptors (Lipinski definition) is 4. The third kappa shape index (κ3) is 4.34. The first-order valence-corrected chi connectivity index (χ1v) is 8.09. The molecule has 1 aromatic rings. The highest BCUT2D eigenvalue weighted by Crippen LogP contribution is 2.26. The second-order valence-electron chi connectivity index (χ2n) is 3.90. The molecule has 18 heavy (non-hydrogen) atoms. The van der Waals surface area contributed by atoms with E-state index in [4.69, 9.17) is 5.11 Å². The molecule has 100 valence electrons. The van der Waals surface area contributed by atoms with Crippen LogP contribution < -0.4 is 0 Å². The smallest absolute Gasteiger partial charge is 0.304 e. The number of thioether (sulfide) groups is 1. The molecular formula is C12H16O4S2. The summed E-state index contributed by atoms with van der Waals surface area (Å²) >= 11 is 1.42. The second kappa shape index (κ2) is 6.24. The molecule has 6 heteroatoms. The molecule has 0 aliphatic rings. The van der Waals surface area contributed by atoms with Crippen molar-refractivity contribution in [2.75, 3.05) is 5.75 Å². The van der Waals surface area contributed by atoms with Crippen molar-refractivity contribution in [3.05, 3.63) is 24.3 Å². The average Bonchev–Trinajstić information content (AvgIpc) is 2.28. The minimum Gasteiger partial charge on any atom is -0.481 e. The Morgan fingerprint density at radius 2 is 1.89 bits per heavy atom. The fourth-order valence-electron chi connectivity index (χ4n) is 1.41. The molecule has 0 fully saturated rings. The number of aliphatic carboxylic acids is 1. The SMILES string of the molecule is CCS(=O)(=O)c1ccc(SC(C)CC(=O)O)cc1. The normalized spacial score (nSPS) is 13.2. The summed E-state index contributed by atoms with van der Waals surface area (Å²) in [5.74, 6) is -0.755. The minimum absolute atomic E-state index is 0.0452. The minimum atomic E-state index is -3.17. The van der Waals surface area contributed by atoms with Crippen LogP contribution in [0, 0.1) is 0 Å². The molecule has 1 atom stereocenters. The number of benzene rings is 1. The highest BCUT2D eigenvalue weighted by atomic mass is 32.2. The van der Waals surface area contributed by atoms with Crippen molar-refractivity contribution in [3.8, 4) is 0 Å². The monoisotopic (exact) mass is 288 g/mol. The van der Waals surface area contributed by atoms with Gasteiger partial charge >= 0.3 is 5.97 Å². The summed E-state index contributed by atoms with van der Waals surface area (Å²) in [6, 6.07) is 6.56. The van der Waals surface area contributed by atoms with Gasteiger partial charge in [-0.1, -0.05) is 13.8 Å². The molecule has 0 radical (unpaired) electrons. The van der Waals surface area contributed by atoms with E-state index < -0.39 is 15.8 Å². The van der Waals surface area contributed by atoms with E-state index in [0.717, 1.165) is 4.90 Å². The first-order chi connectivity index (χ1) is 8.35. The van der Waals surface area contributed by atoms with Gasteiger partial charge in [-0.05, 0) is 24.3 Å². The standard InChI is InChI=1S/C12H16O4S2/c1-3-18(15,16)11-6-4-10(5-7-11)17-9(2)8-12(13)14/h4-7,9H,3,8H2,1-2H3,(H,13,14). The van der Waals surface area contributed by atoms with E-state index in [1.54, 1.807) is 31.2 Å². The fraction of sp³-hybridized carbons (Fsp3) is 0.417. The number of carboxylic acid groups (broad SMARTS) is 1. The van der Waals surface area contributed by atoms with Crippen molar-refractivity contribution in [2.24, 2.45) is 0 Å². The zero-order valence-corrected chi connectivity index (χ0v) is 11.9. The Balaban J connectivity index is 2.75. The van der Waals surface area contributed by atoms with Crippen LogP contribution in [-0.4, -0.2) is 30.5 Å². The maximum absolute atomic E-state index is 11.6. The third-order valence-corrected chi connectivity index (χ3v) is 5.23. The second-order valence-corrected chi connectivity index (χ2v) is 7.69. The molecule has 0 spiro atoms. The molecule has 0 saturated heterocycles. The van der Waals surface area contributed by atoms with Crippen LogP contribution in [0.4, 0.5) is 0 Å². The highest BCUT2D eigenvalue weighted by Gasteiger charge is 2.12. The number of rotatable bonds is 6. The van der Waals surface area contributed by atoms with Crippen LogP contribution in [0.15, 0.2) is 34.1 Å². The zero-order valence-electron chi connectivity index (χ0n) is 10.3. The van der Waals surface area contributed by atoms with Crippen molar-refractivity contribution in [2.45, 2.75) is 35.3 Å². The van der Waals surface area contributed by atoms with Crippen LogP contribution >= 0.6 is 11.8 Å². The van der Waals surface area contributed by atoms with Gasteiger partial charge in [0.05, 0.1) is 17.1 Å². The van der Waals surface area contributed by atoms with Gasteiger partial charge in [0, 0.05) is 10.1 Å². The van der Waals surface area contributed by atoms with Gasteiger partial charge < -0.3 is 5.11 Å². The molecule has 0 saturated carbocycles. The van der Waals surface area contributed by atoms with Crippen molar-refractivity contribution in [1.82, 2.24) is 0 Å². The topological polar surface area (TPSA) is 71.4 Å². The Hall–Kier alpha value is -1.01. The van der Waals surface area contributed by atoms with Crippen LogP contribution in [-0.2, 0) is 14.6 Å². The molecule has 1 N–H and O–H groups in total. The summed E-state index contributed by atoms with van der Waals surface area (Å²) in [5.41, 5.74) is 0. The zero-order chi connectivity index (χ0) is 13.8. The summed E-state index contributed by atoms with van der Waals surface area (Å²) in [6.07, 6.45) is 0.0830. The highest BCUT2D eigenvalue weighted by molar-refractivity contribution is 8.00. The van der Waals surface area contributed by atoms with E-state index in [-0.39, 0.29) is 17.4 Å². The van der Waals surface area contributed by atoms with E-state index in [9.17, 15) is 13.2 Å². The van der Waals surface area contributed by atoms with Gasteiger partial charge in [-0.2, -0.15) is 0 Å².